The summed E-state index contributed by atoms with van der Waals surface area (Å²) in [6.45, 7) is 0.611. The Morgan fingerprint density at radius 1 is 1.62 bits per heavy atom. The highest BCUT2D eigenvalue weighted by Gasteiger charge is 2.17. The molecular weight excluding hydrogens is 284 g/mol. The lowest BCUT2D eigenvalue weighted by Gasteiger charge is -2.25. The number of benzene rings is 1. The lowest BCUT2D eigenvalue weighted by molar-refractivity contribution is 0.293. The number of ether oxygens (including phenoxy) is 1. The average molecular weight is 293 g/mol. The Kier molecular flexibility index (Phi) is 2.57. The van der Waals surface area contributed by atoms with Crippen LogP contribution in [0.4, 0.5) is 10.1 Å². The van der Waals surface area contributed by atoms with E-state index in [9.17, 15) is 4.39 Å². The van der Waals surface area contributed by atoms with Gasteiger partial charge in [0.05, 0.1) is 11.7 Å². The van der Waals surface area contributed by atoms with Gasteiger partial charge in [-0.2, -0.15) is 0 Å². The van der Waals surface area contributed by atoms with Gasteiger partial charge in [0.2, 0.25) is 0 Å². The molecule has 0 amide bonds. The molecule has 1 aromatic rings. The lowest BCUT2D eigenvalue weighted by Crippen LogP contribution is -2.32. The molecule has 0 bridgehead atoms. The van der Waals surface area contributed by atoms with Gasteiger partial charge in [0.15, 0.2) is 0 Å². The SMILES string of the molecule is Fc1ccc2c(c1)OC[C@H](CI)N2. The number of alkyl halides is 1. The predicted octanol–water partition coefficient (Wildman–Crippen LogP) is 2.43. The number of rotatable bonds is 1. The van der Waals surface area contributed by atoms with Crippen LogP contribution in [0.2, 0.25) is 0 Å². The maximum Gasteiger partial charge on any atom is 0.145 e. The van der Waals surface area contributed by atoms with Crippen molar-refractivity contribution >= 4 is 28.3 Å². The first-order valence-electron chi connectivity index (χ1n) is 4.04. The molecule has 70 valence electrons. The number of halogens is 2. The molecule has 2 rings (SSSR count). The molecule has 0 radical (unpaired) electrons. The molecule has 1 heterocycles. The van der Waals surface area contributed by atoms with Crippen molar-refractivity contribution in [1.29, 1.82) is 0 Å². The standard InChI is InChI=1S/C9H9FINO/c10-6-1-2-8-9(3-6)13-5-7(4-11)12-8/h1-3,7,12H,4-5H2/t7-/m0/s1. The van der Waals surface area contributed by atoms with Gasteiger partial charge in [0.25, 0.3) is 0 Å². The summed E-state index contributed by atoms with van der Waals surface area (Å²) in [6, 6.07) is 4.89. The summed E-state index contributed by atoms with van der Waals surface area (Å²) in [7, 11) is 0. The zero-order chi connectivity index (χ0) is 9.26. The highest BCUT2D eigenvalue weighted by molar-refractivity contribution is 14.1. The maximum atomic E-state index is 12.8. The largest absolute Gasteiger partial charge is 0.489 e. The Hall–Kier alpha value is -0.520. The van der Waals surface area contributed by atoms with Crippen molar-refractivity contribution < 1.29 is 9.13 Å². The van der Waals surface area contributed by atoms with Gasteiger partial charge in [-0.15, -0.1) is 0 Å². The molecule has 0 fully saturated rings. The fraction of sp³-hybridized carbons (Fsp3) is 0.333. The molecular formula is C9H9FINO. The second-order valence-electron chi connectivity index (χ2n) is 2.95. The van der Waals surface area contributed by atoms with E-state index in [2.05, 4.69) is 27.9 Å². The normalized spacial score (nSPS) is 20.0. The Labute approximate surface area is 89.6 Å². The summed E-state index contributed by atoms with van der Waals surface area (Å²) < 4.78 is 19.1. The first-order valence-corrected chi connectivity index (χ1v) is 5.57. The van der Waals surface area contributed by atoms with Gasteiger partial charge in [-0.3, -0.25) is 0 Å². The predicted molar refractivity (Wildman–Crippen MR) is 58.2 cm³/mol. The third-order valence-corrected chi connectivity index (χ3v) is 2.99. The summed E-state index contributed by atoms with van der Waals surface area (Å²) in [5.74, 6) is 0.356. The van der Waals surface area contributed by atoms with E-state index in [0.717, 1.165) is 10.1 Å². The van der Waals surface area contributed by atoms with E-state index in [4.69, 9.17) is 4.74 Å². The molecule has 1 aliphatic rings. The van der Waals surface area contributed by atoms with Crippen LogP contribution in [-0.2, 0) is 0 Å². The molecule has 13 heavy (non-hydrogen) atoms. The van der Waals surface area contributed by atoms with E-state index < -0.39 is 0 Å². The molecule has 1 atom stereocenters. The number of fused-ring (bicyclic) bond motifs is 1. The quantitative estimate of drug-likeness (QED) is 0.634. The van der Waals surface area contributed by atoms with Crippen LogP contribution in [-0.4, -0.2) is 17.1 Å². The molecule has 0 unspecified atom stereocenters. The summed E-state index contributed by atoms with van der Waals surface area (Å²) >= 11 is 2.30. The van der Waals surface area contributed by atoms with Crippen LogP contribution < -0.4 is 10.1 Å². The van der Waals surface area contributed by atoms with Crippen LogP contribution in [0.15, 0.2) is 18.2 Å². The Morgan fingerprint density at radius 3 is 3.23 bits per heavy atom. The van der Waals surface area contributed by atoms with Crippen LogP contribution >= 0.6 is 22.6 Å². The molecule has 2 nitrogen and oxygen atoms in total. The van der Waals surface area contributed by atoms with Crippen LogP contribution in [0.1, 0.15) is 0 Å². The minimum absolute atomic E-state index is 0.256. The van der Waals surface area contributed by atoms with Crippen molar-refractivity contribution in [2.75, 3.05) is 16.4 Å². The zero-order valence-corrected chi connectivity index (χ0v) is 9.05. The molecule has 0 aromatic heterocycles. The Balaban J connectivity index is 2.26. The van der Waals surface area contributed by atoms with E-state index in [-0.39, 0.29) is 5.82 Å². The van der Waals surface area contributed by atoms with Crippen LogP contribution in [0.5, 0.6) is 5.75 Å². The first kappa shape index (κ1) is 9.05. The molecule has 1 N–H and O–H groups in total. The highest BCUT2D eigenvalue weighted by Crippen LogP contribution is 2.29. The van der Waals surface area contributed by atoms with Gasteiger partial charge in [-0.05, 0) is 12.1 Å². The van der Waals surface area contributed by atoms with Crippen LogP contribution in [0, 0.1) is 5.82 Å². The minimum atomic E-state index is -0.256. The van der Waals surface area contributed by atoms with Gasteiger partial charge in [0, 0.05) is 10.5 Å². The molecule has 0 saturated heterocycles. The summed E-state index contributed by atoms with van der Waals surface area (Å²) in [5.41, 5.74) is 0.884. The molecule has 1 aliphatic heterocycles. The lowest BCUT2D eigenvalue weighted by atomic mass is 10.2. The Bertz CT molecular complexity index is 318. The number of hydrogen-bond acceptors (Lipinski definition) is 2. The highest BCUT2D eigenvalue weighted by atomic mass is 127. The van der Waals surface area contributed by atoms with E-state index in [0.29, 0.717) is 18.4 Å². The van der Waals surface area contributed by atoms with E-state index in [1.807, 2.05) is 0 Å². The smallest absolute Gasteiger partial charge is 0.145 e. The fourth-order valence-electron chi connectivity index (χ4n) is 1.27. The zero-order valence-electron chi connectivity index (χ0n) is 6.89. The second-order valence-corrected chi connectivity index (χ2v) is 3.83. The number of hydrogen-bond donors (Lipinski definition) is 1. The van der Waals surface area contributed by atoms with Crippen molar-refractivity contribution in [3.8, 4) is 5.75 Å². The Morgan fingerprint density at radius 2 is 2.46 bits per heavy atom. The first-order chi connectivity index (χ1) is 6.29. The van der Waals surface area contributed by atoms with Crippen molar-refractivity contribution in [1.82, 2.24) is 0 Å². The van der Waals surface area contributed by atoms with Crippen molar-refractivity contribution in [3.63, 3.8) is 0 Å². The molecule has 0 aliphatic carbocycles. The summed E-state index contributed by atoms with van der Waals surface area (Å²) in [6.07, 6.45) is 0. The third kappa shape index (κ3) is 1.87. The monoisotopic (exact) mass is 293 g/mol. The van der Waals surface area contributed by atoms with Gasteiger partial charge in [0.1, 0.15) is 18.2 Å². The van der Waals surface area contributed by atoms with Gasteiger partial charge in [-0.25, -0.2) is 4.39 Å². The molecule has 0 spiro atoms. The van der Waals surface area contributed by atoms with Gasteiger partial charge >= 0.3 is 0 Å². The molecule has 4 heteroatoms. The van der Waals surface area contributed by atoms with Crippen molar-refractivity contribution in [2.45, 2.75) is 6.04 Å². The van der Waals surface area contributed by atoms with Crippen LogP contribution in [0.25, 0.3) is 0 Å². The average Bonchev–Trinajstić information content (AvgIpc) is 2.17. The fourth-order valence-corrected chi connectivity index (χ4v) is 1.74. The minimum Gasteiger partial charge on any atom is -0.489 e. The number of anilines is 1. The van der Waals surface area contributed by atoms with Crippen LogP contribution in [0.3, 0.4) is 0 Å². The van der Waals surface area contributed by atoms with Gasteiger partial charge < -0.3 is 10.1 Å². The topological polar surface area (TPSA) is 21.3 Å². The number of nitrogens with one attached hydrogen (secondary N) is 1. The van der Waals surface area contributed by atoms with Crippen molar-refractivity contribution in [2.24, 2.45) is 0 Å². The maximum absolute atomic E-state index is 12.8. The van der Waals surface area contributed by atoms with E-state index in [1.54, 1.807) is 6.07 Å². The second kappa shape index (κ2) is 3.69. The van der Waals surface area contributed by atoms with E-state index in [1.165, 1.54) is 12.1 Å². The van der Waals surface area contributed by atoms with Gasteiger partial charge in [-0.1, -0.05) is 22.6 Å². The summed E-state index contributed by atoms with van der Waals surface area (Å²) in [4.78, 5) is 0. The van der Waals surface area contributed by atoms with E-state index >= 15 is 0 Å². The summed E-state index contributed by atoms with van der Waals surface area (Å²) in [5, 5.41) is 3.27. The molecule has 1 aromatic carbocycles. The van der Waals surface area contributed by atoms with Crippen molar-refractivity contribution in [3.05, 3.63) is 24.0 Å². The third-order valence-electron chi connectivity index (χ3n) is 1.93. The molecule has 0 saturated carbocycles.